The van der Waals surface area contributed by atoms with E-state index in [-0.39, 0.29) is 24.5 Å². The molecule has 2 N–H and O–H groups in total. The molecule has 0 unspecified atom stereocenters. The molecule has 0 aliphatic carbocycles. The highest BCUT2D eigenvalue weighted by molar-refractivity contribution is 5.38. The fourth-order valence-corrected chi connectivity index (χ4v) is 1.66. The summed E-state index contributed by atoms with van der Waals surface area (Å²) in [6.07, 6.45) is 0. The second kappa shape index (κ2) is 6.82. The van der Waals surface area contributed by atoms with E-state index in [4.69, 9.17) is 10.5 Å². The Kier molecular flexibility index (Phi) is 4.85. The van der Waals surface area contributed by atoms with Gasteiger partial charge in [0, 0.05) is 0 Å². The van der Waals surface area contributed by atoms with Gasteiger partial charge in [-0.25, -0.2) is 8.78 Å². The Hall–Kier alpha value is -2.45. The second-order valence-corrected chi connectivity index (χ2v) is 4.16. The van der Waals surface area contributed by atoms with Crippen molar-refractivity contribution in [2.75, 3.05) is 6.54 Å². The molecule has 0 saturated carbocycles. The summed E-state index contributed by atoms with van der Waals surface area (Å²) in [5.74, 6) is 2.43. The minimum absolute atomic E-state index is 0.0298. The molecule has 0 aliphatic rings. The standard InChI is InChI=1S/C16H12F3NO/c17-13-7-6-11(9-12(13)3-2-8-20)10-21-15-5-1-4-14(18)16(15)19/h1,4-7,9H,8,10,20H2. The maximum atomic E-state index is 13.5. The van der Waals surface area contributed by atoms with Gasteiger partial charge in [-0.2, -0.15) is 4.39 Å². The van der Waals surface area contributed by atoms with Gasteiger partial charge in [-0.15, -0.1) is 0 Å². The first kappa shape index (κ1) is 14.9. The van der Waals surface area contributed by atoms with Crippen LogP contribution in [-0.4, -0.2) is 6.54 Å². The molecule has 0 aliphatic heterocycles. The average molecular weight is 291 g/mol. The largest absolute Gasteiger partial charge is 0.486 e. The fourth-order valence-electron chi connectivity index (χ4n) is 1.66. The molecule has 5 heteroatoms. The molecule has 0 heterocycles. The normalized spacial score (nSPS) is 9.90. The minimum atomic E-state index is -1.05. The first-order chi connectivity index (χ1) is 10.1. The number of hydrogen-bond acceptors (Lipinski definition) is 2. The van der Waals surface area contributed by atoms with Crippen LogP contribution in [0.25, 0.3) is 0 Å². The lowest BCUT2D eigenvalue weighted by Gasteiger charge is -2.08. The van der Waals surface area contributed by atoms with E-state index in [2.05, 4.69) is 11.8 Å². The van der Waals surface area contributed by atoms with Crippen LogP contribution in [0.3, 0.4) is 0 Å². The zero-order valence-electron chi connectivity index (χ0n) is 11.0. The van der Waals surface area contributed by atoms with Crippen LogP contribution in [0.1, 0.15) is 11.1 Å². The van der Waals surface area contributed by atoms with Crippen LogP contribution in [0, 0.1) is 29.3 Å². The van der Waals surface area contributed by atoms with Crippen molar-refractivity contribution in [2.45, 2.75) is 6.61 Å². The Balaban J connectivity index is 2.15. The van der Waals surface area contributed by atoms with Crippen LogP contribution < -0.4 is 10.5 Å². The van der Waals surface area contributed by atoms with Crippen molar-refractivity contribution in [2.24, 2.45) is 5.73 Å². The van der Waals surface area contributed by atoms with Crippen molar-refractivity contribution in [1.29, 1.82) is 0 Å². The molecule has 2 rings (SSSR count). The van der Waals surface area contributed by atoms with E-state index in [0.717, 1.165) is 6.07 Å². The molecule has 2 aromatic rings. The van der Waals surface area contributed by atoms with Crippen LogP contribution in [0.2, 0.25) is 0 Å². The summed E-state index contributed by atoms with van der Waals surface area (Å²) in [6, 6.07) is 7.87. The monoisotopic (exact) mass is 291 g/mol. The predicted molar refractivity (Wildman–Crippen MR) is 73.0 cm³/mol. The number of rotatable bonds is 3. The lowest BCUT2D eigenvalue weighted by Crippen LogP contribution is -2.00. The number of benzene rings is 2. The Morgan fingerprint density at radius 2 is 1.86 bits per heavy atom. The van der Waals surface area contributed by atoms with E-state index >= 15 is 0 Å². The van der Waals surface area contributed by atoms with Gasteiger partial charge >= 0.3 is 0 Å². The van der Waals surface area contributed by atoms with Crippen LogP contribution >= 0.6 is 0 Å². The Bertz CT molecular complexity index is 704. The highest BCUT2D eigenvalue weighted by Gasteiger charge is 2.09. The first-order valence-corrected chi connectivity index (χ1v) is 6.16. The van der Waals surface area contributed by atoms with E-state index < -0.39 is 17.5 Å². The van der Waals surface area contributed by atoms with Crippen LogP contribution in [0.5, 0.6) is 5.75 Å². The van der Waals surface area contributed by atoms with Crippen molar-refractivity contribution < 1.29 is 17.9 Å². The van der Waals surface area contributed by atoms with Gasteiger partial charge in [0.15, 0.2) is 11.6 Å². The lowest BCUT2D eigenvalue weighted by atomic mass is 10.1. The molecule has 0 radical (unpaired) electrons. The van der Waals surface area contributed by atoms with Crippen LogP contribution in [-0.2, 0) is 6.61 Å². The van der Waals surface area contributed by atoms with Gasteiger partial charge < -0.3 is 10.5 Å². The Morgan fingerprint density at radius 1 is 1.05 bits per heavy atom. The maximum Gasteiger partial charge on any atom is 0.200 e. The number of halogens is 3. The molecule has 108 valence electrons. The van der Waals surface area contributed by atoms with Crippen molar-refractivity contribution in [3.05, 3.63) is 65.0 Å². The Labute approximate surface area is 120 Å². The molecule has 0 atom stereocenters. The molecule has 0 aromatic heterocycles. The molecule has 0 fully saturated rings. The van der Waals surface area contributed by atoms with Gasteiger partial charge in [0.1, 0.15) is 12.4 Å². The SMILES string of the molecule is NCC#Cc1cc(COc2cccc(F)c2F)ccc1F. The van der Waals surface area contributed by atoms with Crippen molar-refractivity contribution in [3.63, 3.8) is 0 Å². The second-order valence-electron chi connectivity index (χ2n) is 4.16. The topological polar surface area (TPSA) is 35.2 Å². The van der Waals surface area contributed by atoms with Gasteiger partial charge in [0.2, 0.25) is 5.82 Å². The van der Waals surface area contributed by atoms with Gasteiger partial charge in [0.25, 0.3) is 0 Å². The zero-order chi connectivity index (χ0) is 15.2. The average Bonchev–Trinajstić information content (AvgIpc) is 2.49. The van der Waals surface area contributed by atoms with Crippen LogP contribution in [0.4, 0.5) is 13.2 Å². The van der Waals surface area contributed by atoms with E-state index in [1.165, 1.54) is 30.3 Å². The molecule has 0 spiro atoms. The van der Waals surface area contributed by atoms with E-state index in [1.807, 2.05) is 0 Å². The summed E-state index contributed by atoms with van der Waals surface area (Å²) in [5, 5.41) is 0. The summed E-state index contributed by atoms with van der Waals surface area (Å²) in [7, 11) is 0. The summed E-state index contributed by atoms with van der Waals surface area (Å²) in [6.45, 7) is 0.0899. The molecule has 0 bridgehead atoms. The van der Waals surface area contributed by atoms with Gasteiger partial charge in [-0.1, -0.05) is 24.0 Å². The highest BCUT2D eigenvalue weighted by atomic mass is 19.2. The molecule has 2 nitrogen and oxygen atoms in total. The summed E-state index contributed by atoms with van der Waals surface area (Å²) in [5.41, 5.74) is 6.00. The van der Waals surface area contributed by atoms with Crippen LogP contribution in [0.15, 0.2) is 36.4 Å². The number of hydrogen-bond donors (Lipinski definition) is 1. The summed E-state index contributed by atoms with van der Waals surface area (Å²) < 4.78 is 45.1. The van der Waals surface area contributed by atoms with Crippen molar-refractivity contribution in [1.82, 2.24) is 0 Å². The number of nitrogens with two attached hydrogens (primary N) is 1. The summed E-state index contributed by atoms with van der Waals surface area (Å²) >= 11 is 0. The van der Waals surface area contributed by atoms with E-state index in [1.54, 1.807) is 0 Å². The van der Waals surface area contributed by atoms with E-state index in [9.17, 15) is 13.2 Å². The van der Waals surface area contributed by atoms with E-state index in [0.29, 0.717) is 5.56 Å². The minimum Gasteiger partial charge on any atom is -0.486 e. The van der Waals surface area contributed by atoms with Crippen molar-refractivity contribution >= 4 is 0 Å². The molecular formula is C16H12F3NO. The third kappa shape index (κ3) is 3.77. The third-order valence-corrected chi connectivity index (χ3v) is 2.67. The van der Waals surface area contributed by atoms with Crippen molar-refractivity contribution in [3.8, 4) is 17.6 Å². The summed E-state index contributed by atoms with van der Waals surface area (Å²) in [4.78, 5) is 0. The predicted octanol–water partition coefficient (Wildman–Crippen LogP) is 2.99. The van der Waals surface area contributed by atoms with Gasteiger partial charge in [-0.3, -0.25) is 0 Å². The third-order valence-electron chi connectivity index (χ3n) is 2.67. The molecule has 21 heavy (non-hydrogen) atoms. The molecule has 2 aromatic carbocycles. The molecule has 0 amide bonds. The lowest BCUT2D eigenvalue weighted by molar-refractivity contribution is 0.284. The fraction of sp³-hybridized carbons (Fsp3) is 0.125. The Morgan fingerprint density at radius 3 is 2.62 bits per heavy atom. The molecule has 0 saturated heterocycles. The van der Waals surface area contributed by atoms with Gasteiger partial charge in [-0.05, 0) is 29.8 Å². The molecular weight excluding hydrogens is 279 g/mol. The van der Waals surface area contributed by atoms with Gasteiger partial charge in [0.05, 0.1) is 12.1 Å². The number of ether oxygens (including phenoxy) is 1. The first-order valence-electron chi connectivity index (χ1n) is 6.16. The quantitative estimate of drug-likeness (QED) is 0.882. The highest BCUT2D eigenvalue weighted by Crippen LogP contribution is 2.20. The zero-order valence-corrected chi connectivity index (χ0v) is 11.0. The maximum absolute atomic E-state index is 13.5. The smallest absolute Gasteiger partial charge is 0.200 e.